The Morgan fingerprint density at radius 1 is 1.03 bits per heavy atom. The van der Waals surface area contributed by atoms with Crippen LogP contribution >= 0.6 is 0 Å². The van der Waals surface area contributed by atoms with Crippen molar-refractivity contribution in [2.24, 2.45) is 23.7 Å². The normalized spacial score (nSPS) is 26.7. The minimum Gasteiger partial charge on any atom is -0.465 e. The Morgan fingerprint density at radius 3 is 2.03 bits per heavy atom. The van der Waals surface area contributed by atoms with Crippen LogP contribution in [0, 0.1) is 30.6 Å². The number of ketones is 1. The van der Waals surface area contributed by atoms with Crippen LogP contribution in [0.15, 0.2) is 24.3 Å². The number of ether oxygens (including phenoxy) is 2. The van der Waals surface area contributed by atoms with Crippen molar-refractivity contribution in [3.8, 4) is 0 Å². The SMILES string of the molecule is Cc1ccc([C@H]2[C@H](C(=O)OCC(C)C)C(=O)C[C@@](C)(O)[C@@H]2C(=O)OCC(C)C)cc1. The molecule has 1 N–H and O–H groups in total. The van der Waals surface area contributed by atoms with E-state index in [4.69, 9.17) is 9.47 Å². The van der Waals surface area contributed by atoms with Crippen LogP contribution in [0.2, 0.25) is 0 Å². The van der Waals surface area contributed by atoms with Gasteiger partial charge >= 0.3 is 11.9 Å². The molecule has 0 bridgehead atoms. The smallest absolute Gasteiger partial charge is 0.317 e. The lowest BCUT2D eigenvalue weighted by Gasteiger charge is -2.43. The first-order valence-corrected chi connectivity index (χ1v) is 10.6. The first-order valence-electron chi connectivity index (χ1n) is 10.6. The van der Waals surface area contributed by atoms with E-state index >= 15 is 0 Å². The van der Waals surface area contributed by atoms with Gasteiger partial charge in [0.15, 0.2) is 5.78 Å². The molecule has 0 aliphatic heterocycles. The maximum Gasteiger partial charge on any atom is 0.317 e. The van der Waals surface area contributed by atoms with E-state index in [0.29, 0.717) is 5.56 Å². The van der Waals surface area contributed by atoms with Crippen LogP contribution in [-0.4, -0.2) is 41.6 Å². The van der Waals surface area contributed by atoms with Gasteiger partial charge in [0.1, 0.15) is 5.92 Å². The number of aryl methyl sites for hydroxylation is 1. The summed E-state index contributed by atoms with van der Waals surface area (Å²) in [5.74, 6) is -4.54. The van der Waals surface area contributed by atoms with Crippen molar-refractivity contribution in [1.82, 2.24) is 0 Å². The van der Waals surface area contributed by atoms with Crippen molar-refractivity contribution >= 4 is 17.7 Å². The number of aliphatic hydroxyl groups is 1. The molecule has 0 spiro atoms. The van der Waals surface area contributed by atoms with Crippen molar-refractivity contribution in [3.63, 3.8) is 0 Å². The van der Waals surface area contributed by atoms with Gasteiger partial charge in [-0.2, -0.15) is 0 Å². The van der Waals surface area contributed by atoms with Gasteiger partial charge in [-0.25, -0.2) is 0 Å². The molecule has 2 rings (SSSR count). The van der Waals surface area contributed by atoms with Crippen molar-refractivity contribution in [3.05, 3.63) is 35.4 Å². The molecule has 0 unspecified atom stereocenters. The number of hydrogen-bond acceptors (Lipinski definition) is 6. The van der Waals surface area contributed by atoms with Crippen molar-refractivity contribution in [1.29, 1.82) is 0 Å². The highest BCUT2D eigenvalue weighted by molar-refractivity contribution is 6.02. The highest BCUT2D eigenvalue weighted by Crippen LogP contribution is 2.46. The maximum absolute atomic E-state index is 13.1. The molecule has 6 nitrogen and oxygen atoms in total. The monoisotopic (exact) mass is 418 g/mol. The second-order valence-electron chi connectivity index (χ2n) is 9.44. The van der Waals surface area contributed by atoms with Crippen LogP contribution in [0.4, 0.5) is 0 Å². The minimum absolute atomic E-state index is 0.111. The van der Waals surface area contributed by atoms with Gasteiger partial charge < -0.3 is 14.6 Å². The molecule has 1 aromatic carbocycles. The highest BCUT2D eigenvalue weighted by atomic mass is 16.5. The standard InChI is InChI=1S/C24H34O6/c1-14(2)12-29-22(26)20-18(25)11-24(6,28)21(23(27)30-13-15(3)4)19(20)17-9-7-16(5)8-10-17/h7-10,14-15,19-21,28H,11-13H2,1-6H3/t19-,20+,21-,24+/m0/s1. The van der Waals surface area contributed by atoms with E-state index in [0.717, 1.165) is 5.56 Å². The summed E-state index contributed by atoms with van der Waals surface area (Å²) in [6.07, 6.45) is -0.307. The van der Waals surface area contributed by atoms with Crippen molar-refractivity contribution < 1.29 is 29.0 Å². The van der Waals surface area contributed by atoms with E-state index in [9.17, 15) is 19.5 Å². The van der Waals surface area contributed by atoms with Gasteiger partial charge in [-0.05, 0) is 31.2 Å². The minimum atomic E-state index is -1.63. The fourth-order valence-corrected chi connectivity index (χ4v) is 3.88. The first kappa shape index (κ1) is 24.1. The predicted molar refractivity (Wildman–Crippen MR) is 113 cm³/mol. The summed E-state index contributed by atoms with van der Waals surface area (Å²) in [5.41, 5.74) is 0.00708. The van der Waals surface area contributed by atoms with Crippen LogP contribution < -0.4 is 0 Å². The Bertz CT molecular complexity index is 762. The van der Waals surface area contributed by atoms with E-state index in [1.165, 1.54) is 6.92 Å². The Kier molecular flexibility index (Phi) is 7.81. The van der Waals surface area contributed by atoms with Crippen molar-refractivity contribution in [2.75, 3.05) is 13.2 Å². The molecule has 1 fully saturated rings. The van der Waals surface area contributed by atoms with Gasteiger partial charge in [0.05, 0.1) is 24.7 Å². The zero-order chi connectivity index (χ0) is 22.6. The molecule has 0 amide bonds. The number of esters is 2. The first-order chi connectivity index (χ1) is 13.9. The quantitative estimate of drug-likeness (QED) is 0.539. The van der Waals surface area contributed by atoms with Crippen LogP contribution in [0.25, 0.3) is 0 Å². The molecule has 0 radical (unpaired) electrons. The molecular formula is C24H34O6. The van der Waals surface area contributed by atoms with Crippen molar-refractivity contribution in [2.45, 2.75) is 59.5 Å². The lowest BCUT2D eigenvalue weighted by atomic mass is 9.61. The summed E-state index contributed by atoms with van der Waals surface area (Å²) < 4.78 is 10.8. The van der Waals surface area contributed by atoms with Crippen LogP contribution in [0.1, 0.15) is 58.1 Å². The van der Waals surface area contributed by atoms with Gasteiger partial charge in [0.2, 0.25) is 0 Å². The van der Waals surface area contributed by atoms with Crippen LogP contribution in [0.5, 0.6) is 0 Å². The summed E-state index contributed by atoms with van der Waals surface area (Å²) in [4.78, 5) is 39.0. The predicted octanol–water partition coefficient (Wildman–Crippen LogP) is 3.43. The molecule has 6 heteroatoms. The lowest BCUT2D eigenvalue weighted by molar-refractivity contribution is -0.173. The van der Waals surface area contributed by atoms with Crippen LogP contribution in [-0.2, 0) is 23.9 Å². The molecule has 1 saturated carbocycles. The Balaban J connectivity index is 2.51. The van der Waals surface area contributed by atoms with Crippen LogP contribution in [0.3, 0.4) is 0 Å². The molecule has 1 aliphatic rings. The third-order valence-corrected chi connectivity index (χ3v) is 5.36. The number of benzene rings is 1. The average Bonchev–Trinajstić information content (AvgIpc) is 2.63. The molecular weight excluding hydrogens is 384 g/mol. The van der Waals surface area contributed by atoms with Gasteiger partial charge in [0, 0.05) is 12.3 Å². The summed E-state index contributed by atoms with van der Waals surface area (Å²) in [7, 11) is 0. The zero-order valence-electron chi connectivity index (χ0n) is 18.8. The lowest BCUT2D eigenvalue weighted by Crippen LogP contribution is -2.55. The average molecular weight is 419 g/mol. The molecule has 4 atom stereocenters. The number of carbonyl (C=O) groups is 3. The molecule has 1 aromatic rings. The second-order valence-corrected chi connectivity index (χ2v) is 9.44. The Hall–Kier alpha value is -2.21. The molecule has 1 aliphatic carbocycles. The number of hydrogen-bond donors (Lipinski definition) is 1. The Morgan fingerprint density at radius 2 is 1.53 bits per heavy atom. The van der Waals surface area contributed by atoms with Gasteiger partial charge in [0.25, 0.3) is 0 Å². The Labute approximate surface area is 179 Å². The van der Waals surface area contributed by atoms with E-state index in [2.05, 4.69) is 0 Å². The molecule has 30 heavy (non-hydrogen) atoms. The second kappa shape index (κ2) is 9.73. The van der Waals surface area contributed by atoms with Gasteiger partial charge in [-0.3, -0.25) is 14.4 Å². The summed E-state index contributed by atoms with van der Waals surface area (Å²) in [5, 5.41) is 11.1. The van der Waals surface area contributed by atoms with E-state index in [1.54, 1.807) is 12.1 Å². The maximum atomic E-state index is 13.1. The summed E-state index contributed by atoms with van der Waals surface area (Å²) in [6, 6.07) is 7.30. The van der Waals surface area contributed by atoms with Gasteiger partial charge in [-0.15, -0.1) is 0 Å². The fourth-order valence-electron chi connectivity index (χ4n) is 3.88. The zero-order valence-corrected chi connectivity index (χ0v) is 18.8. The van der Waals surface area contributed by atoms with Gasteiger partial charge in [-0.1, -0.05) is 57.5 Å². The summed E-state index contributed by atoms with van der Waals surface area (Å²) >= 11 is 0. The third kappa shape index (κ3) is 5.69. The molecule has 166 valence electrons. The third-order valence-electron chi connectivity index (χ3n) is 5.36. The molecule has 0 heterocycles. The molecule has 0 aromatic heterocycles. The molecule has 0 saturated heterocycles. The fraction of sp³-hybridized carbons (Fsp3) is 0.625. The number of carbonyl (C=O) groups excluding carboxylic acids is 3. The van der Waals surface area contributed by atoms with E-state index in [-0.39, 0.29) is 31.5 Å². The highest BCUT2D eigenvalue weighted by Gasteiger charge is 2.57. The topological polar surface area (TPSA) is 89.9 Å². The number of Topliss-reactive ketones (excluding diaryl/α,β-unsaturated/α-hetero) is 1. The summed E-state index contributed by atoms with van der Waals surface area (Å²) in [6.45, 7) is 11.4. The largest absolute Gasteiger partial charge is 0.465 e. The van der Waals surface area contributed by atoms with E-state index in [1.807, 2.05) is 46.8 Å². The van der Waals surface area contributed by atoms with E-state index < -0.39 is 41.1 Å². The number of rotatable bonds is 7.